The zero-order valence-corrected chi connectivity index (χ0v) is 13.1. The van der Waals surface area contributed by atoms with Gasteiger partial charge in [-0.3, -0.25) is 4.79 Å². The first-order valence-corrected chi connectivity index (χ1v) is 7.57. The SMILES string of the molecule is CCN(CC(C)C#N)C(=O)N1CCC(CC)(C(=O)O)CC1. The number of hydrogen-bond acceptors (Lipinski definition) is 3. The number of aliphatic carboxylic acids is 1. The second-order valence-corrected chi connectivity index (χ2v) is 5.78. The minimum absolute atomic E-state index is 0.0882. The van der Waals surface area contributed by atoms with Gasteiger partial charge in [0.15, 0.2) is 0 Å². The largest absolute Gasteiger partial charge is 0.481 e. The number of rotatable bonds is 5. The normalized spacial score (nSPS) is 18.7. The lowest BCUT2D eigenvalue weighted by molar-refractivity contribution is -0.152. The van der Waals surface area contributed by atoms with Crippen LogP contribution in [0.3, 0.4) is 0 Å². The summed E-state index contributed by atoms with van der Waals surface area (Å²) in [5.74, 6) is -0.963. The second-order valence-electron chi connectivity index (χ2n) is 5.78. The van der Waals surface area contributed by atoms with Gasteiger partial charge in [-0.2, -0.15) is 5.26 Å². The minimum Gasteiger partial charge on any atom is -0.481 e. The van der Waals surface area contributed by atoms with Gasteiger partial charge in [-0.15, -0.1) is 0 Å². The predicted octanol–water partition coefficient (Wildman–Crippen LogP) is 2.16. The molecular weight excluding hydrogens is 270 g/mol. The van der Waals surface area contributed by atoms with E-state index >= 15 is 0 Å². The summed E-state index contributed by atoms with van der Waals surface area (Å²) in [6, 6.07) is 2.05. The smallest absolute Gasteiger partial charge is 0.320 e. The molecule has 1 heterocycles. The molecule has 1 aliphatic heterocycles. The predicted molar refractivity (Wildman–Crippen MR) is 78.6 cm³/mol. The summed E-state index contributed by atoms with van der Waals surface area (Å²) in [6.07, 6.45) is 1.58. The Bertz CT molecular complexity index is 422. The van der Waals surface area contributed by atoms with E-state index in [1.807, 2.05) is 13.8 Å². The summed E-state index contributed by atoms with van der Waals surface area (Å²) < 4.78 is 0. The molecule has 0 radical (unpaired) electrons. The molecule has 0 saturated carbocycles. The fourth-order valence-electron chi connectivity index (χ4n) is 2.76. The highest BCUT2D eigenvalue weighted by atomic mass is 16.4. The van der Waals surface area contributed by atoms with Crippen LogP contribution in [-0.4, -0.2) is 53.1 Å². The molecule has 1 unspecified atom stereocenters. The van der Waals surface area contributed by atoms with E-state index in [9.17, 15) is 14.7 Å². The molecule has 1 saturated heterocycles. The van der Waals surface area contributed by atoms with Crippen LogP contribution in [0.5, 0.6) is 0 Å². The lowest BCUT2D eigenvalue weighted by Gasteiger charge is -2.40. The van der Waals surface area contributed by atoms with Crippen molar-refractivity contribution in [1.82, 2.24) is 9.80 Å². The van der Waals surface area contributed by atoms with Gasteiger partial charge in [0.2, 0.25) is 0 Å². The van der Waals surface area contributed by atoms with Gasteiger partial charge in [0.25, 0.3) is 0 Å². The highest BCUT2D eigenvalue weighted by molar-refractivity contribution is 5.77. The average Bonchev–Trinajstić information content (AvgIpc) is 2.51. The summed E-state index contributed by atoms with van der Waals surface area (Å²) in [6.45, 7) is 7.48. The molecule has 1 N–H and O–H groups in total. The van der Waals surface area contributed by atoms with Gasteiger partial charge in [0, 0.05) is 26.2 Å². The number of likely N-dealkylation sites (tertiary alicyclic amines) is 1. The zero-order chi connectivity index (χ0) is 16.0. The highest BCUT2D eigenvalue weighted by Gasteiger charge is 2.41. The molecule has 2 amide bonds. The van der Waals surface area contributed by atoms with Crippen LogP contribution >= 0.6 is 0 Å². The van der Waals surface area contributed by atoms with Crippen molar-refractivity contribution in [3.63, 3.8) is 0 Å². The maximum Gasteiger partial charge on any atom is 0.320 e. The van der Waals surface area contributed by atoms with Crippen LogP contribution in [-0.2, 0) is 4.79 Å². The summed E-state index contributed by atoms with van der Waals surface area (Å²) >= 11 is 0. The number of nitriles is 1. The fraction of sp³-hybridized carbons (Fsp3) is 0.800. The van der Waals surface area contributed by atoms with E-state index in [0.717, 1.165) is 0 Å². The van der Waals surface area contributed by atoms with E-state index in [0.29, 0.717) is 45.4 Å². The van der Waals surface area contributed by atoms with Crippen molar-refractivity contribution in [2.45, 2.75) is 40.0 Å². The van der Waals surface area contributed by atoms with Crippen LogP contribution in [0.25, 0.3) is 0 Å². The quantitative estimate of drug-likeness (QED) is 0.842. The Morgan fingerprint density at radius 1 is 1.38 bits per heavy atom. The number of hydrogen-bond donors (Lipinski definition) is 1. The summed E-state index contributed by atoms with van der Waals surface area (Å²) in [5, 5.41) is 18.2. The molecule has 6 nitrogen and oxygen atoms in total. The van der Waals surface area contributed by atoms with Gasteiger partial charge >= 0.3 is 12.0 Å². The summed E-state index contributed by atoms with van der Waals surface area (Å²) in [5.41, 5.74) is -0.687. The van der Waals surface area contributed by atoms with Crippen LogP contribution in [0.4, 0.5) is 4.79 Å². The monoisotopic (exact) mass is 295 g/mol. The van der Waals surface area contributed by atoms with Crippen LogP contribution in [0.2, 0.25) is 0 Å². The number of carboxylic acid groups (broad SMARTS) is 1. The fourth-order valence-corrected chi connectivity index (χ4v) is 2.76. The van der Waals surface area contributed by atoms with Crippen molar-refractivity contribution in [3.8, 4) is 6.07 Å². The van der Waals surface area contributed by atoms with Gasteiger partial charge < -0.3 is 14.9 Å². The molecule has 0 aromatic carbocycles. The molecule has 6 heteroatoms. The molecule has 21 heavy (non-hydrogen) atoms. The Hall–Kier alpha value is -1.77. The third-order valence-electron chi connectivity index (χ3n) is 4.49. The number of piperidine rings is 1. The number of carboxylic acids is 1. The maximum absolute atomic E-state index is 12.4. The second kappa shape index (κ2) is 7.30. The first-order chi connectivity index (χ1) is 9.90. The van der Waals surface area contributed by atoms with Crippen LogP contribution in [0.15, 0.2) is 0 Å². The Balaban J connectivity index is 2.66. The molecule has 1 fully saturated rings. The van der Waals surface area contributed by atoms with Crippen molar-refractivity contribution in [2.24, 2.45) is 11.3 Å². The third kappa shape index (κ3) is 3.87. The van der Waals surface area contributed by atoms with E-state index in [4.69, 9.17) is 5.26 Å². The van der Waals surface area contributed by atoms with Crippen molar-refractivity contribution in [2.75, 3.05) is 26.2 Å². The van der Waals surface area contributed by atoms with E-state index < -0.39 is 11.4 Å². The molecule has 0 spiro atoms. The Kier molecular flexibility index (Phi) is 6.01. The maximum atomic E-state index is 12.4. The van der Waals surface area contributed by atoms with Crippen molar-refractivity contribution < 1.29 is 14.7 Å². The molecule has 0 aromatic heterocycles. The lowest BCUT2D eigenvalue weighted by atomic mass is 9.76. The minimum atomic E-state index is -0.762. The zero-order valence-electron chi connectivity index (χ0n) is 13.1. The van der Waals surface area contributed by atoms with Gasteiger partial charge in [0.1, 0.15) is 0 Å². The van der Waals surface area contributed by atoms with Crippen LogP contribution < -0.4 is 0 Å². The van der Waals surface area contributed by atoms with Crippen LogP contribution in [0, 0.1) is 22.7 Å². The molecule has 0 aliphatic carbocycles. The highest BCUT2D eigenvalue weighted by Crippen LogP contribution is 2.35. The van der Waals surface area contributed by atoms with E-state index in [1.165, 1.54) is 0 Å². The molecule has 0 aromatic rings. The molecule has 1 atom stereocenters. The van der Waals surface area contributed by atoms with Crippen LogP contribution in [0.1, 0.15) is 40.0 Å². The third-order valence-corrected chi connectivity index (χ3v) is 4.49. The number of nitrogens with zero attached hydrogens (tertiary/aromatic N) is 3. The lowest BCUT2D eigenvalue weighted by Crippen LogP contribution is -2.51. The van der Waals surface area contributed by atoms with Crippen molar-refractivity contribution >= 4 is 12.0 Å². The van der Waals surface area contributed by atoms with Gasteiger partial charge in [-0.25, -0.2) is 4.79 Å². The molecule has 0 bridgehead atoms. The van der Waals surface area contributed by atoms with E-state index in [2.05, 4.69) is 6.07 Å². The topological polar surface area (TPSA) is 84.6 Å². The average molecular weight is 295 g/mol. The number of amides is 2. The molecule has 1 rings (SSSR count). The van der Waals surface area contributed by atoms with Gasteiger partial charge in [-0.05, 0) is 33.1 Å². The van der Waals surface area contributed by atoms with Gasteiger partial charge in [-0.1, -0.05) is 6.92 Å². The van der Waals surface area contributed by atoms with Crippen molar-refractivity contribution in [3.05, 3.63) is 0 Å². The Morgan fingerprint density at radius 2 is 1.95 bits per heavy atom. The Morgan fingerprint density at radius 3 is 2.33 bits per heavy atom. The first kappa shape index (κ1) is 17.3. The van der Waals surface area contributed by atoms with Gasteiger partial charge in [0.05, 0.1) is 17.4 Å². The van der Waals surface area contributed by atoms with E-state index in [1.54, 1.807) is 16.7 Å². The number of urea groups is 1. The first-order valence-electron chi connectivity index (χ1n) is 7.57. The summed E-state index contributed by atoms with van der Waals surface area (Å²) in [4.78, 5) is 27.2. The molecule has 1 aliphatic rings. The number of carbonyl (C=O) groups is 2. The van der Waals surface area contributed by atoms with Crippen molar-refractivity contribution in [1.29, 1.82) is 5.26 Å². The van der Waals surface area contributed by atoms with E-state index in [-0.39, 0.29) is 11.9 Å². The molecular formula is C15H25N3O3. The Labute approximate surface area is 126 Å². The number of carbonyl (C=O) groups excluding carboxylic acids is 1. The standard InChI is InChI=1S/C15H25N3O3/c1-4-15(13(19)20)6-8-18(9-7-15)14(21)17(5-2)11-12(3)10-16/h12H,4-9,11H2,1-3H3,(H,19,20). The summed E-state index contributed by atoms with van der Waals surface area (Å²) in [7, 11) is 0. The molecule has 118 valence electrons.